The average Bonchev–Trinajstić information content (AvgIpc) is 2.85. The number of aryl methyl sites for hydroxylation is 1. The van der Waals surface area contributed by atoms with Gasteiger partial charge in [0.1, 0.15) is 0 Å². The molecule has 1 saturated carbocycles. The fraction of sp³-hybridized carbons (Fsp3) is 0.611. The van der Waals surface area contributed by atoms with Gasteiger partial charge in [0.2, 0.25) is 5.91 Å². The molecule has 1 heterocycles. The van der Waals surface area contributed by atoms with Crippen LogP contribution in [0, 0.1) is 11.8 Å². The van der Waals surface area contributed by atoms with Gasteiger partial charge in [0.15, 0.2) is 0 Å². The number of nitrogens with one attached hydrogen (secondary N) is 1. The van der Waals surface area contributed by atoms with Gasteiger partial charge in [-0.25, -0.2) is 0 Å². The zero-order valence-electron chi connectivity index (χ0n) is 13.2. The summed E-state index contributed by atoms with van der Waals surface area (Å²) in [5.74, 6) is 1.32. The Morgan fingerprint density at radius 1 is 1.41 bits per heavy atom. The molecule has 4 rings (SSSR count). The summed E-state index contributed by atoms with van der Waals surface area (Å²) in [4.78, 5) is 15.0. The van der Waals surface area contributed by atoms with Gasteiger partial charge < -0.3 is 10.2 Å². The molecule has 1 spiro atoms. The van der Waals surface area contributed by atoms with Crippen LogP contribution in [0.4, 0.5) is 0 Å². The van der Waals surface area contributed by atoms with Crippen LogP contribution in [-0.4, -0.2) is 37.5 Å². The highest BCUT2D eigenvalue weighted by Gasteiger charge is 2.62. The van der Waals surface area contributed by atoms with Crippen LogP contribution in [0.5, 0.6) is 0 Å². The average molecular weight is 321 g/mol. The third kappa shape index (κ3) is 2.35. The second-order valence-electron chi connectivity index (χ2n) is 7.07. The molecule has 22 heavy (non-hydrogen) atoms. The van der Waals surface area contributed by atoms with Gasteiger partial charge in [-0.2, -0.15) is 0 Å². The van der Waals surface area contributed by atoms with E-state index in [1.807, 2.05) is 7.05 Å². The molecule has 0 aromatic heterocycles. The number of fused-ring (bicyclic) bond motifs is 2. The van der Waals surface area contributed by atoms with E-state index in [2.05, 4.69) is 34.5 Å². The van der Waals surface area contributed by atoms with Gasteiger partial charge in [-0.15, -0.1) is 12.4 Å². The van der Waals surface area contributed by atoms with Crippen LogP contribution in [0.15, 0.2) is 24.3 Å². The van der Waals surface area contributed by atoms with E-state index in [9.17, 15) is 4.79 Å². The quantitative estimate of drug-likeness (QED) is 0.927. The molecule has 3 unspecified atom stereocenters. The molecule has 1 N–H and O–H groups in total. The zero-order valence-corrected chi connectivity index (χ0v) is 14.0. The number of benzene rings is 1. The van der Waals surface area contributed by atoms with Crippen molar-refractivity contribution in [3.8, 4) is 0 Å². The standard InChI is InChI=1S/C18H24N2O.ClH/c1-19-11-13-7-9-20(12-13)17(21)16-10-18(16)8-6-14-4-2-3-5-15(14)18;/h2-5,13,16,19H,6-12H2,1H3;1H. The summed E-state index contributed by atoms with van der Waals surface area (Å²) in [6.45, 7) is 2.94. The number of hydrogen-bond acceptors (Lipinski definition) is 2. The van der Waals surface area contributed by atoms with Gasteiger partial charge in [0.05, 0.1) is 0 Å². The number of hydrogen-bond donors (Lipinski definition) is 1. The molecule has 1 aromatic carbocycles. The summed E-state index contributed by atoms with van der Waals surface area (Å²) in [5.41, 5.74) is 3.14. The normalized spacial score (nSPS) is 32.0. The highest BCUT2D eigenvalue weighted by Crippen LogP contribution is 2.62. The van der Waals surface area contributed by atoms with Gasteiger partial charge in [-0.05, 0) is 56.3 Å². The lowest BCUT2D eigenvalue weighted by molar-refractivity contribution is -0.132. The maximum atomic E-state index is 12.8. The van der Waals surface area contributed by atoms with Crippen LogP contribution >= 0.6 is 12.4 Å². The molecular weight excluding hydrogens is 296 g/mol. The van der Waals surface area contributed by atoms with Crippen LogP contribution < -0.4 is 5.32 Å². The Kier molecular flexibility index (Phi) is 4.21. The van der Waals surface area contributed by atoms with Gasteiger partial charge >= 0.3 is 0 Å². The SMILES string of the molecule is CNCC1CCN(C(=O)C2CC23CCc2ccccc23)C1.Cl. The van der Waals surface area contributed by atoms with E-state index in [0.29, 0.717) is 11.8 Å². The predicted octanol–water partition coefficient (Wildman–Crippen LogP) is 2.38. The number of carbonyl (C=O) groups excluding carboxylic acids is 1. The Labute approximate surface area is 138 Å². The van der Waals surface area contributed by atoms with Crippen molar-refractivity contribution in [1.29, 1.82) is 0 Å². The first-order valence-corrected chi connectivity index (χ1v) is 8.26. The Morgan fingerprint density at radius 2 is 2.23 bits per heavy atom. The van der Waals surface area contributed by atoms with Crippen molar-refractivity contribution >= 4 is 18.3 Å². The first-order valence-electron chi connectivity index (χ1n) is 8.26. The van der Waals surface area contributed by atoms with Gasteiger partial charge in [-0.3, -0.25) is 4.79 Å². The molecule has 3 aliphatic rings. The molecule has 120 valence electrons. The summed E-state index contributed by atoms with van der Waals surface area (Å²) < 4.78 is 0. The van der Waals surface area contributed by atoms with Crippen molar-refractivity contribution in [2.75, 3.05) is 26.7 Å². The van der Waals surface area contributed by atoms with Crippen molar-refractivity contribution < 1.29 is 4.79 Å². The van der Waals surface area contributed by atoms with Gasteiger partial charge in [0, 0.05) is 24.4 Å². The van der Waals surface area contributed by atoms with Crippen molar-refractivity contribution in [2.45, 2.75) is 31.1 Å². The highest BCUT2D eigenvalue weighted by molar-refractivity contribution is 5.85. The Hall–Kier alpha value is -1.06. The summed E-state index contributed by atoms with van der Waals surface area (Å²) in [6, 6.07) is 8.75. The minimum Gasteiger partial charge on any atom is -0.342 e. The number of rotatable bonds is 3. The summed E-state index contributed by atoms with van der Waals surface area (Å²) in [6.07, 6.45) is 4.57. The van der Waals surface area contributed by atoms with E-state index in [4.69, 9.17) is 0 Å². The molecule has 2 aliphatic carbocycles. The number of amides is 1. The van der Waals surface area contributed by atoms with E-state index in [1.165, 1.54) is 17.5 Å². The monoisotopic (exact) mass is 320 g/mol. The van der Waals surface area contributed by atoms with Crippen LogP contribution in [0.25, 0.3) is 0 Å². The molecular formula is C18H25ClN2O. The maximum Gasteiger partial charge on any atom is 0.226 e. The lowest BCUT2D eigenvalue weighted by Crippen LogP contribution is -2.33. The number of carbonyl (C=O) groups is 1. The van der Waals surface area contributed by atoms with Crippen LogP contribution in [0.2, 0.25) is 0 Å². The molecule has 1 amide bonds. The van der Waals surface area contributed by atoms with E-state index >= 15 is 0 Å². The maximum absolute atomic E-state index is 12.8. The van der Waals surface area contributed by atoms with Gasteiger partial charge in [-0.1, -0.05) is 24.3 Å². The molecule has 4 heteroatoms. The first kappa shape index (κ1) is 15.8. The third-order valence-corrected chi connectivity index (χ3v) is 5.86. The molecule has 0 radical (unpaired) electrons. The van der Waals surface area contributed by atoms with Crippen molar-refractivity contribution in [2.24, 2.45) is 11.8 Å². The lowest BCUT2D eigenvalue weighted by Gasteiger charge is -2.19. The number of halogens is 1. The van der Waals surface area contributed by atoms with Crippen LogP contribution in [0.3, 0.4) is 0 Å². The first-order chi connectivity index (χ1) is 10.2. The molecule has 0 bridgehead atoms. The van der Waals surface area contributed by atoms with E-state index in [1.54, 1.807) is 0 Å². The smallest absolute Gasteiger partial charge is 0.226 e. The van der Waals surface area contributed by atoms with E-state index in [-0.39, 0.29) is 23.7 Å². The Morgan fingerprint density at radius 3 is 3.05 bits per heavy atom. The van der Waals surface area contributed by atoms with Crippen LogP contribution in [0.1, 0.15) is 30.4 Å². The largest absolute Gasteiger partial charge is 0.342 e. The minimum atomic E-state index is 0. The minimum absolute atomic E-state index is 0. The molecule has 2 fully saturated rings. The molecule has 1 saturated heterocycles. The highest BCUT2D eigenvalue weighted by atomic mass is 35.5. The summed E-state index contributed by atoms with van der Waals surface area (Å²) in [5, 5.41) is 3.24. The number of likely N-dealkylation sites (tertiary alicyclic amines) is 1. The predicted molar refractivity (Wildman–Crippen MR) is 90.4 cm³/mol. The Balaban J connectivity index is 0.00000144. The second kappa shape index (κ2) is 5.86. The van der Waals surface area contributed by atoms with Crippen molar-refractivity contribution in [3.05, 3.63) is 35.4 Å². The fourth-order valence-corrected chi connectivity index (χ4v) is 4.63. The van der Waals surface area contributed by atoms with Crippen molar-refractivity contribution in [1.82, 2.24) is 10.2 Å². The molecule has 1 aromatic rings. The van der Waals surface area contributed by atoms with E-state index < -0.39 is 0 Å². The summed E-state index contributed by atoms with van der Waals surface area (Å²) in [7, 11) is 2.00. The van der Waals surface area contributed by atoms with Crippen LogP contribution in [-0.2, 0) is 16.6 Å². The molecule has 3 nitrogen and oxygen atoms in total. The molecule has 1 aliphatic heterocycles. The number of nitrogens with zero attached hydrogens (tertiary/aromatic N) is 1. The zero-order chi connectivity index (χ0) is 14.4. The van der Waals surface area contributed by atoms with Gasteiger partial charge in [0.25, 0.3) is 0 Å². The third-order valence-electron chi connectivity index (χ3n) is 5.86. The second-order valence-corrected chi connectivity index (χ2v) is 7.07. The lowest BCUT2D eigenvalue weighted by atomic mass is 9.95. The summed E-state index contributed by atoms with van der Waals surface area (Å²) >= 11 is 0. The van der Waals surface area contributed by atoms with Crippen molar-refractivity contribution in [3.63, 3.8) is 0 Å². The topological polar surface area (TPSA) is 32.3 Å². The molecule has 3 atom stereocenters. The van der Waals surface area contributed by atoms with E-state index in [0.717, 1.165) is 38.9 Å². The Bertz CT molecular complexity index is 576. The fourth-order valence-electron chi connectivity index (χ4n) is 4.63.